The number of nitro benzene ring substituents is 2. The number of nitro groups is 2. The second-order valence-electron chi connectivity index (χ2n) is 5.84. The molecule has 0 aliphatic carbocycles. The van der Waals surface area contributed by atoms with Gasteiger partial charge in [-0.25, -0.2) is 9.07 Å². The number of nitrogens with two attached hydrogens (primary N) is 2. The molecule has 0 spiro atoms. The molecule has 0 aliphatic heterocycles. The van der Waals surface area contributed by atoms with E-state index in [0.29, 0.717) is 16.8 Å². The van der Waals surface area contributed by atoms with Gasteiger partial charge in [0.05, 0.1) is 22.1 Å². The van der Waals surface area contributed by atoms with Gasteiger partial charge in [0.2, 0.25) is 5.96 Å². The summed E-state index contributed by atoms with van der Waals surface area (Å²) in [5.74, 6) is -0.743. The highest BCUT2D eigenvalue weighted by molar-refractivity contribution is 5.89. The van der Waals surface area contributed by atoms with Crippen LogP contribution in [-0.4, -0.2) is 31.8 Å². The average Bonchev–Trinajstić information content (AvgIpc) is 3.11. The average molecular weight is 412 g/mol. The molecule has 152 valence electrons. The maximum atomic E-state index is 13.3. The first kappa shape index (κ1) is 20.1. The van der Waals surface area contributed by atoms with Crippen molar-refractivity contribution in [2.45, 2.75) is 0 Å². The predicted octanol–water partition coefficient (Wildman–Crippen LogP) is 2.10. The minimum atomic E-state index is -0.755. The summed E-state index contributed by atoms with van der Waals surface area (Å²) >= 11 is 0. The van der Waals surface area contributed by atoms with E-state index >= 15 is 0 Å². The Morgan fingerprint density at radius 1 is 1.10 bits per heavy atom. The SMILES string of the molecule is NC(N)=N/N=C/c1cn(-c2ccc([N+](=O)[O-])cc2[N+](=O)[O-])nc1-c1ccc(F)cc1. The first-order chi connectivity index (χ1) is 14.3. The second-order valence-corrected chi connectivity index (χ2v) is 5.84. The van der Waals surface area contributed by atoms with E-state index in [0.717, 1.165) is 16.8 Å². The van der Waals surface area contributed by atoms with E-state index in [1.165, 1.54) is 42.7 Å². The van der Waals surface area contributed by atoms with Crippen LogP contribution in [0.5, 0.6) is 0 Å². The van der Waals surface area contributed by atoms with Crippen LogP contribution >= 0.6 is 0 Å². The third-order valence-corrected chi connectivity index (χ3v) is 3.84. The van der Waals surface area contributed by atoms with E-state index in [-0.39, 0.29) is 11.6 Å². The molecule has 1 heterocycles. The number of guanidine groups is 1. The maximum absolute atomic E-state index is 13.3. The highest BCUT2D eigenvalue weighted by Crippen LogP contribution is 2.30. The molecule has 12 nitrogen and oxygen atoms in total. The number of aromatic nitrogens is 2. The van der Waals surface area contributed by atoms with Crippen LogP contribution in [-0.2, 0) is 0 Å². The van der Waals surface area contributed by atoms with Crippen LogP contribution in [0.15, 0.2) is 58.9 Å². The first-order valence-electron chi connectivity index (χ1n) is 8.17. The van der Waals surface area contributed by atoms with Gasteiger partial charge in [0, 0.05) is 23.4 Å². The Bertz CT molecular complexity index is 1180. The predicted molar refractivity (Wildman–Crippen MR) is 106 cm³/mol. The molecule has 0 radical (unpaired) electrons. The van der Waals surface area contributed by atoms with Crippen LogP contribution in [0.25, 0.3) is 16.9 Å². The molecule has 4 N–H and O–H groups in total. The topological polar surface area (TPSA) is 181 Å². The highest BCUT2D eigenvalue weighted by Gasteiger charge is 2.22. The molecule has 0 saturated carbocycles. The smallest absolute Gasteiger partial charge is 0.301 e. The molecular formula is C17H13FN8O4. The van der Waals surface area contributed by atoms with E-state index < -0.39 is 27.0 Å². The molecule has 0 fully saturated rings. The number of benzene rings is 2. The molecule has 0 saturated heterocycles. The summed E-state index contributed by atoms with van der Waals surface area (Å²) in [5, 5.41) is 33.9. The Morgan fingerprint density at radius 2 is 1.80 bits per heavy atom. The van der Waals surface area contributed by atoms with E-state index in [9.17, 15) is 24.6 Å². The molecule has 30 heavy (non-hydrogen) atoms. The Hall–Kier alpha value is -4.68. The third-order valence-electron chi connectivity index (χ3n) is 3.84. The number of halogens is 1. The van der Waals surface area contributed by atoms with Gasteiger partial charge >= 0.3 is 5.69 Å². The highest BCUT2D eigenvalue weighted by atomic mass is 19.1. The standard InChI is InChI=1S/C17H13FN8O4/c18-12-3-1-10(2-4-12)16-11(8-21-22-17(19)20)9-24(23-16)14-6-5-13(25(27)28)7-15(14)26(29)30/h1-9H,(H4,19,20,22)/b21-8+. The molecule has 3 aromatic rings. The zero-order valence-electron chi connectivity index (χ0n) is 15.0. The Morgan fingerprint density at radius 3 is 2.40 bits per heavy atom. The molecular weight excluding hydrogens is 399 g/mol. The van der Waals surface area contributed by atoms with Gasteiger partial charge in [0.1, 0.15) is 17.2 Å². The normalized spacial score (nSPS) is 10.8. The number of non-ortho nitro benzene ring substituents is 1. The van der Waals surface area contributed by atoms with Crippen molar-refractivity contribution in [3.8, 4) is 16.9 Å². The summed E-state index contributed by atoms with van der Waals surface area (Å²) in [6.07, 6.45) is 2.66. The minimum Gasteiger partial charge on any atom is -0.369 e. The van der Waals surface area contributed by atoms with E-state index in [4.69, 9.17) is 11.5 Å². The van der Waals surface area contributed by atoms with E-state index in [1.54, 1.807) is 0 Å². The Labute approximate surface area is 167 Å². The lowest BCUT2D eigenvalue weighted by Crippen LogP contribution is -2.21. The molecule has 0 atom stereocenters. The van der Waals surface area contributed by atoms with Crippen LogP contribution in [0, 0.1) is 26.0 Å². The van der Waals surface area contributed by atoms with Gasteiger partial charge in [-0.15, -0.1) is 5.10 Å². The van der Waals surface area contributed by atoms with Gasteiger partial charge in [0.15, 0.2) is 0 Å². The fourth-order valence-corrected chi connectivity index (χ4v) is 2.56. The molecule has 0 aliphatic rings. The lowest BCUT2D eigenvalue weighted by Gasteiger charge is -2.03. The molecule has 2 aromatic carbocycles. The fraction of sp³-hybridized carbons (Fsp3) is 0. The third kappa shape index (κ3) is 4.24. The molecule has 0 bridgehead atoms. The zero-order valence-corrected chi connectivity index (χ0v) is 15.0. The van der Waals surface area contributed by atoms with Crippen LogP contribution in [0.3, 0.4) is 0 Å². The molecule has 1 aromatic heterocycles. The Kier molecular flexibility index (Phi) is 5.44. The van der Waals surface area contributed by atoms with Gasteiger partial charge in [-0.3, -0.25) is 20.2 Å². The van der Waals surface area contributed by atoms with E-state index in [2.05, 4.69) is 15.3 Å². The van der Waals surface area contributed by atoms with Crippen molar-refractivity contribution in [1.82, 2.24) is 9.78 Å². The van der Waals surface area contributed by atoms with Crippen molar-refractivity contribution in [3.05, 3.63) is 80.3 Å². The summed E-state index contributed by atoms with van der Waals surface area (Å²) in [6, 6.07) is 8.53. The van der Waals surface area contributed by atoms with Crippen LogP contribution in [0.2, 0.25) is 0 Å². The minimum absolute atomic E-state index is 0.0181. The van der Waals surface area contributed by atoms with Crippen molar-refractivity contribution in [1.29, 1.82) is 0 Å². The number of hydrogen-bond donors (Lipinski definition) is 2. The summed E-state index contributed by atoms with van der Waals surface area (Å²) in [4.78, 5) is 20.9. The van der Waals surface area contributed by atoms with Crippen molar-refractivity contribution in [2.24, 2.45) is 21.7 Å². The lowest BCUT2D eigenvalue weighted by atomic mass is 10.1. The van der Waals surface area contributed by atoms with E-state index in [1.807, 2.05) is 0 Å². The van der Waals surface area contributed by atoms with Crippen LogP contribution < -0.4 is 11.5 Å². The molecule has 13 heteroatoms. The maximum Gasteiger partial charge on any atom is 0.301 e. The zero-order chi connectivity index (χ0) is 21.8. The van der Waals surface area contributed by atoms with Gasteiger partial charge in [-0.05, 0) is 30.3 Å². The molecule has 0 unspecified atom stereocenters. The number of hydrogen-bond acceptors (Lipinski definition) is 7. The quantitative estimate of drug-likeness (QED) is 0.269. The summed E-state index contributed by atoms with van der Waals surface area (Å²) in [7, 11) is 0. The van der Waals surface area contributed by atoms with Crippen LogP contribution in [0.4, 0.5) is 15.8 Å². The molecule has 0 amide bonds. The monoisotopic (exact) mass is 412 g/mol. The molecule has 3 rings (SSSR count). The van der Waals surface area contributed by atoms with Crippen molar-refractivity contribution in [2.75, 3.05) is 0 Å². The van der Waals surface area contributed by atoms with Gasteiger partial charge in [0.25, 0.3) is 5.69 Å². The van der Waals surface area contributed by atoms with Gasteiger partial charge < -0.3 is 11.5 Å². The van der Waals surface area contributed by atoms with Crippen molar-refractivity contribution >= 4 is 23.5 Å². The van der Waals surface area contributed by atoms with Gasteiger partial charge in [-0.2, -0.15) is 10.2 Å². The number of nitrogens with zero attached hydrogens (tertiary/aromatic N) is 6. The Balaban J connectivity index is 2.18. The summed E-state index contributed by atoms with van der Waals surface area (Å²) in [6.45, 7) is 0. The summed E-state index contributed by atoms with van der Waals surface area (Å²) in [5.41, 5.74) is 10.6. The first-order valence-corrected chi connectivity index (χ1v) is 8.17. The van der Waals surface area contributed by atoms with Gasteiger partial charge in [-0.1, -0.05) is 0 Å². The number of rotatable bonds is 6. The van der Waals surface area contributed by atoms with Crippen LogP contribution in [0.1, 0.15) is 5.56 Å². The fourth-order valence-electron chi connectivity index (χ4n) is 2.56. The lowest BCUT2D eigenvalue weighted by molar-refractivity contribution is -0.394. The second kappa shape index (κ2) is 8.14. The van der Waals surface area contributed by atoms with Crippen molar-refractivity contribution in [3.63, 3.8) is 0 Å². The summed E-state index contributed by atoms with van der Waals surface area (Å²) < 4.78 is 14.4. The largest absolute Gasteiger partial charge is 0.369 e. The van der Waals surface area contributed by atoms with Crippen molar-refractivity contribution < 1.29 is 14.2 Å².